The quantitative estimate of drug-likeness (QED) is 0.814. The highest BCUT2D eigenvalue weighted by Gasteiger charge is 2.56. The predicted molar refractivity (Wildman–Crippen MR) is 90.0 cm³/mol. The van der Waals surface area contributed by atoms with Gasteiger partial charge < -0.3 is 10.6 Å². The van der Waals surface area contributed by atoms with Gasteiger partial charge in [-0.2, -0.15) is 0 Å². The van der Waals surface area contributed by atoms with Crippen molar-refractivity contribution in [2.24, 2.45) is 5.41 Å². The Bertz CT molecular complexity index is 790. The fourth-order valence-corrected chi connectivity index (χ4v) is 2.68. The average molecular weight is 347 g/mol. The van der Waals surface area contributed by atoms with Crippen molar-refractivity contribution >= 4 is 29.1 Å². The Kier molecular flexibility index (Phi) is 4.53. The third-order valence-electron chi connectivity index (χ3n) is 4.14. The Morgan fingerprint density at radius 1 is 1.04 bits per heavy atom. The number of hydrogen-bond donors (Lipinski definition) is 2. The van der Waals surface area contributed by atoms with Gasteiger partial charge in [-0.25, -0.2) is 4.39 Å². The lowest BCUT2D eigenvalue weighted by Crippen LogP contribution is -2.39. The molecule has 1 aliphatic rings. The number of carbonyl (C=O) groups is 2. The van der Waals surface area contributed by atoms with Crippen LogP contribution in [0.25, 0.3) is 0 Å². The number of nitrogens with one attached hydrogen (secondary N) is 2. The lowest BCUT2D eigenvalue weighted by molar-refractivity contribution is -0.134. The molecule has 24 heavy (non-hydrogen) atoms. The second-order valence-electron chi connectivity index (χ2n) is 5.79. The minimum Gasteiger partial charge on any atom is -0.351 e. The van der Waals surface area contributed by atoms with E-state index in [1.807, 2.05) is 12.1 Å². The van der Waals surface area contributed by atoms with E-state index in [-0.39, 0.29) is 18.1 Å². The summed E-state index contributed by atoms with van der Waals surface area (Å²) in [6.07, 6.45) is 0.892. The van der Waals surface area contributed by atoms with E-state index in [0.29, 0.717) is 17.9 Å². The van der Waals surface area contributed by atoms with Crippen molar-refractivity contribution in [3.63, 3.8) is 0 Å². The number of para-hydroxylation sites is 1. The fourth-order valence-electron chi connectivity index (χ4n) is 2.47. The zero-order chi connectivity index (χ0) is 17.2. The Balaban J connectivity index is 1.65. The van der Waals surface area contributed by atoms with Crippen LogP contribution in [0.4, 0.5) is 10.1 Å². The van der Waals surface area contributed by atoms with Gasteiger partial charge >= 0.3 is 0 Å². The monoisotopic (exact) mass is 346 g/mol. The Labute approximate surface area is 144 Å². The summed E-state index contributed by atoms with van der Waals surface area (Å²) in [5.41, 5.74) is -0.269. The van der Waals surface area contributed by atoms with Crippen molar-refractivity contribution in [2.75, 3.05) is 5.32 Å². The molecule has 4 nitrogen and oxygen atoms in total. The van der Waals surface area contributed by atoms with E-state index in [9.17, 15) is 14.0 Å². The molecule has 6 heteroatoms. The molecule has 2 amide bonds. The molecule has 0 radical (unpaired) electrons. The van der Waals surface area contributed by atoms with E-state index in [0.717, 1.165) is 5.56 Å². The number of hydrogen-bond acceptors (Lipinski definition) is 2. The Hall–Kier alpha value is -2.40. The summed E-state index contributed by atoms with van der Waals surface area (Å²) < 4.78 is 13.6. The SMILES string of the molecule is O=C(NCc1ccccc1Cl)C1(C(=O)Nc2ccccc2F)CC1. The first-order valence-electron chi connectivity index (χ1n) is 7.61. The molecule has 0 heterocycles. The van der Waals surface area contributed by atoms with E-state index in [1.54, 1.807) is 18.2 Å². The molecule has 2 aromatic rings. The van der Waals surface area contributed by atoms with Crippen molar-refractivity contribution in [3.05, 3.63) is 64.9 Å². The van der Waals surface area contributed by atoms with E-state index < -0.39 is 17.1 Å². The molecular weight excluding hydrogens is 331 g/mol. The molecule has 2 aromatic carbocycles. The highest BCUT2D eigenvalue weighted by Crippen LogP contribution is 2.47. The highest BCUT2D eigenvalue weighted by atomic mass is 35.5. The third kappa shape index (κ3) is 3.26. The summed E-state index contributed by atoms with van der Waals surface area (Å²) in [7, 11) is 0. The molecular formula is C18H16ClFN2O2. The van der Waals surface area contributed by atoms with Gasteiger partial charge in [-0.05, 0) is 36.6 Å². The van der Waals surface area contributed by atoms with Gasteiger partial charge in [0.15, 0.2) is 0 Å². The van der Waals surface area contributed by atoms with Crippen LogP contribution in [0.1, 0.15) is 18.4 Å². The molecule has 0 unspecified atom stereocenters. The number of rotatable bonds is 5. The minimum absolute atomic E-state index is 0.0766. The molecule has 1 saturated carbocycles. The molecule has 0 spiro atoms. The number of benzene rings is 2. The predicted octanol–water partition coefficient (Wildman–Crippen LogP) is 3.51. The molecule has 0 saturated heterocycles. The summed E-state index contributed by atoms with van der Waals surface area (Å²) in [4.78, 5) is 24.8. The smallest absolute Gasteiger partial charge is 0.240 e. The normalized spacial score (nSPS) is 14.8. The first-order valence-corrected chi connectivity index (χ1v) is 7.98. The lowest BCUT2D eigenvalue weighted by Gasteiger charge is -2.16. The first-order chi connectivity index (χ1) is 11.5. The fraction of sp³-hybridized carbons (Fsp3) is 0.222. The van der Waals surface area contributed by atoms with Crippen LogP contribution in [-0.4, -0.2) is 11.8 Å². The van der Waals surface area contributed by atoms with Crippen LogP contribution in [0.5, 0.6) is 0 Å². The van der Waals surface area contributed by atoms with Crippen LogP contribution >= 0.6 is 11.6 Å². The summed E-state index contributed by atoms with van der Waals surface area (Å²) in [6.45, 7) is 0.243. The lowest BCUT2D eigenvalue weighted by atomic mass is 10.0. The van der Waals surface area contributed by atoms with Crippen molar-refractivity contribution < 1.29 is 14.0 Å². The Morgan fingerprint density at radius 2 is 1.71 bits per heavy atom. The van der Waals surface area contributed by atoms with Gasteiger partial charge in [0.2, 0.25) is 11.8 Å². The van der Waals surface area contributed by atoms with Crippen LogP contribution in [0.2, 0.25) is 5.02 Å². The molecule has 3 rings (SSSR count). The number of anilines is 1. The zero-order valence-electron chi connectivity index (χ0n) is 12.8. The topological polar surface area (TPSA) is 58.2 Å². The van der Waals surface area contributed by atoms with Gasteiger partial charge in [-0.3, -0.25) is 9.59 Å². The van der Waals surface area contributed by atoms with Crippen molar-refractivity contribution in [1.82, 2.24) is 5.32 Å². The second kappa shape index (κ2) is 6.61. The third-order valence-corrected chi connectivity index (χ3v) is 4.51. The molecule has 1 aliphatic carbocycles. The van der Waals surface area contributed by atoms with Gasteiger partial charge in [-0.1, -0.05) is 41.9 Å². The summed E-state index contributed by atoms with van der Waals surface area (Å²) >= 11 is 6.05. The largest absolute Gasteiger partial charge is 0.351 e. The standard InChI is InChI=1S/C18H16ClFN2O2/c19-13-6-2-1-5-12(13)11-21-16(23)18(9-10-18)17(24)22-15-8-4-3-7-14(15)20/h1-8H,9-11H2,(H,21,23)(H,22,24). The number of carbonyl (C=O) groups excluding carboxylic acids is 2. The van der Waals surface area contributed by atoms with Crippen LogP contribution in [0.15, 0.2) is 48.5 Å². The van der Waals surface area contributed by atoms with Crippen LogP contribution in [-0.2, 0) is 16.1 Å². The van der Waals surface area contributed by atoms with E-state index in [2.05, 4.69) is 10.6 Å². The Morgan fingerprint density at radius 3 is 2.38 bits per heavy atom. The average Bonchev–Trinajstić information content (AvgIpc) is 3.38. The van der Waals surface area contributed by atoms with Crippen LogP contribution < -0.4 is 10.6 Å². The van der Waals surface area contributed by atoms with E-state index >= 15 is 0 Å². The maximum Gasteiger partial charge on any atom is 0.240 e. The van der Waals surface area contributed by atoms with Gasteiger partial charge in [-0.15, -0.1) is 0 Å². The number of halogens is 2. The van der Waals surface area contributed by atoms with Crippen molar-refractivity contribution in [3.8, 4) is 0 Å². The summed E-state index contributed by atoms with van der Waals surface area (Å²) in [6, 6.07) is 13.0. The number of amides is 2. The molecule has 124 valence electrons. The highest BCUT2D eigenvalue weighted by molar-refractivity contribution is 6.31. The van der Waals surface area contributed by atoms with Crippen molar-refractivity contribution in [1.29, 1.82) is 0 Å². The van der Waals surface area contributed by atoms with E-state index in [1.165, 1.54) is 18.2 Å². The van der Waals surface area contributed by atoms with Crippen LogP contribution in [0.3, 0.4) is 0 Å². The van der Waals surface area contributed by atoms with Gasteiger partial charge in [0.05, 0.1) is 5.69 Å². The molecule has 1 fully saturated rings. The van der Waals surface area contributed by atoms with Gasteiger partial charge in [0, 0.05) is 11.6 Å². The maximum atomic E-state index is 13.6. The molecule has 0 aliphatic heterocycles. The minimum atomic E-state index is -1.12. The molecule has 0 aromatic heterocycles. The van der Waals surface area contributed by atoms with Crippen molar-refractivity contribution in [2.45, 2.75) is 19.4 Å². The molecule has 2 N–H and O–H groups in total. The molecule has 0 atom stereocenters. The summed E-state index contributed by atoms with van der Waals surface area (Å²) in [5.74, 6) is -1.38. The zero-order valence-corrected chi connectivity index (χ0v) is 13.6. The second-order valence-corrected chi connectivity index (χ2v) is 6.20. The van der Waals surface area contributed by atoms with Gasteiger partial charge in [0.1, 0.15) is 11.2 Å². The summed E-state index contributed by atoms with van der Waals surface area (Å²) in [5, 5.41) is 5.80. The van der Waals surface area contributed by atoms with Crippen LogP contribution in [0, 0.1) is 11.2 Å². The maximum absolute atomic E-state index is 13.6. The molecule has 0 bridgehead atoms. The van der Waals surface area contributed by atoms with Gasteiger partial charge in [0.25, 0.3) is 0 Å². The first kappa shape index (κ1) is 16.5. The van der Waals surface area contributed by atoms with E-state index in [4.69, 9.17) is 11.6 Å².